The number of carbonyl (C=O) groups excluding carboxylic acids is 2. The Kier molecular flexibility index (Phi) is 6.81. The van der Waals surface area contributed by atoms with Crippen molar-refractivity contribution in [2.75, 3.05) is 0 Å². The van der Waals surface area contributed by atoms with Crippen LogP contribution in [0.1, 0.15) is 59.9 Å². The van der Waals surface area contributed by atoms with Crippen LogP contribution < -0.4 is 10.1 Å². The molecule has 1 aromatic rings. The molecule has 0 radical (unpaired) electrons. The van der Waals surface area contributed by atoms with Gasteiger partial charge in [-0.2, -0.15) is 0 Å². The fourth-order valence-electron chi connectivity index (χ4n) is 2.03. The van der Waals surface area contributed by atoms with Gasteiger partial charge in [-0.15, -0.1) is 0 Å². The largest absolute Gasteiger partial charge is 0.444 e. The summed E-state index contributed by atoms with van der Waals surface area (Å²) in [5.74, 6) is 0.237. The van der Waals surface area contributed by atoms with E-state index in [-0.39, 0.29) is 5.92 Å². The van der Waals surface area contributed by atoms with Crippen molar-refractivity contribution < 1.29 is 19.1 Å². The molecular weight excluding hydrogens is 306 g/mol. The zero-order valence-electron chi connectivity index (χ0n) is 15.7. The van der Waals surface area contributed by atoms with E-state index in [9.17, 15) is 9.59 Å². The highest BCUT2D eigenvalue weighted by Crippen LogP contribution is 2.19. The van der Waals surface area contributed by atoms with Crippen molar-refractivity contribution in [3.05, 3.63) is 29.8 Å². The number of carbonyl (C=O) groups is 2. The van der Waals surface area contributed by atoms with Crippen LogP contribution in [0, 0.1) is 5.92 Å². The van der Waals surface area contributed by atoms with Crippen LogP contribution in [0.25, 0.3) is 0 Å². The second kappa shape index (κ2) is 8.18. The molecule has 1 amide bonds. The van der Waals surface area contributed by atoms with Gasteiger partial charge in [0.15, 0.2) is 0 Å². The Bertz CT molecular complexity index is 556. The number of hydrogen-bond acceptors (Lipinski definition) is 4. The summed E-state index contributed by atoms with van der Waals surface area (Å²) >= 11 is 0. The molecule has 0 aliphatic rings. The van der Waals surface area contributed by atoms with Crippen LogP contribution in [0.5, 0.6) is 5.75 Å². The third kappa shape index (κ3) is 6.60. The summed E-state index contributed by atoms with van der Waals surface area (Å²) in [5.41, 5.74) is 0.546. The van der Waals surface area contributed by atoms with Crippen LogP contribution in [0.2, 0.25) is 0 Å². The van der Waals surface area contributed by atoms with Crippen molar-refractivity contribution in [2.45, 2.75) is 66.0 Å². The van der Waals surface area contributed by atoms with Crippen molar-refractivity contribution in [2.24, 2.45) is 5.92 Å². The number of ether oxygens (including phenoxy) is 2. The summed E-state index contributed by atoms with van der Waals surface area (Å²) < 4.78 is 10.6. The molecule has 0 aliphatic heterocycles. The van der Waals surface area contributed by atoms with Gasteiger partial charge in [0.1, 0.15) is 17.4 Å². The number of hydrogen-bond donors (Lipinski definition) is 1. The monoisotopic (exact) mass is 335 g/mol. The molecule has 1 rings (SSSR count). The Morgan fingerprint density at radius 3 is 1.96 bits per heavy atom. The molecule has 134 valence electrons. The first-order chi connectivity index (χ1) is 11.0. The van der Waals surface area contributed by atoms with Gasteiger partial charge in [-0.1, -0.05) is 39.8 Å². The first kappa shape index (κ1) is 20.0. The van der Waals surface area contributed by atoms with Crippen molar-refractivity contribution in [1.29, 1.82) is 0 Å². The third-order valence-corrected chi connectivity index (χ3v) is 3.36. The normalized spacial score (nSPS) is 12.9. The van der Waals surface area contributed by atoms with Crippen LogP contribution in [-0.2, 0) is 9.53 Å². The summed E-state index contributed by atoms with van der Waals surface area (Å²) in [6, 6.07) is 6.61. The highest BCUT2D eigenvalue weighted by atomic mass is 16.6. The maximum absolute atomic E-state index is 12.4. The van der Waals surface area contributed by atoms with Gasteiger partial charge >= 0.3 is 12.1 Å². The summed E-state index contributed by atoms with van der Waals surface area (Å²) in [4.78, 5) is 24.3. The number of rotatable bonds is 5. The maximum Gasteiger partial charge on any atom is 0.408 e. The van der Waals surface area contributed by atoms with Crippen LogP contribution >= 0.6 is 0 Å². The zero-order chi connectivity index (χ0) is 18.5. The predicted molar refractivity (Wildman–Crippen MR) is 94.2 cm³/mol. The topological polar surface area (TPSA) is 64.6 Å². The van der Waals surface area contributed by atoms with Gasteiger partial charge in [0.2, 0.25) is 0 Å². The summed E-state index contributed by atoms with van der Waals surface area (Å²) in [5, 5.41) is 2.59. The number of amides is 1. The van der Waals surface area contributed by atoms with Gasteiger partial charge in [-0.3, -0.25) is 0 Å². The molecule has 0 bridgehead atoms. The molecular formula is C19H29NO4. The van der Waals surface area contributed by atoms with Gasteiger partial charge in [0.05, 0.1) is 0 Å². The summed E-state index contributed by atoms with van der Waals surface area (Å²) in [6.45, 7) is 13.2. The van der Waals surface area contributed by atoms with Gasteiger partial charge in [0, 0.05) is 0 Å². The van der Waals surface area contributed by atoms with Gasteiger partial charge in [0.25, 0.3) is 0 Å². The van der Waals surface area contributed by atoms with E-state index in [0.29, 0.717) is 11.7 Å². The average Bonchev–Trinajstić information content (AvgIpc) is 2.43. The Labute approximate surface area is 144 Å². The standard InChI is InChI=1S/C19H29NO4/c1-12(2)14-8-10-15(11-9-14)23-17(21)16(13(3)4)20-18(22)24-19(5,6)7/h8-13,16H,1-7H3,(H,20,22). The van der Waals surface area contributed by atoms with Gasteiger partial charge in [-0.05, 0) is 50.3 Å². The molecule has 5 nitrogen and oxygen atoms in total. The van der Waals surface area contributed by atoms with Crippen LogP contribution in [-0.4, -0.2) is 23.7 Å². The highest BCUT2D eigenvalue weighted by Gasteiger charge is 2.28. The van der Waals surface area contributed by atoms with Crippen molar-refractivity contribution in [3.8, 4) is 5.75 Å². The summed E-state index contributed by atoms with van der Waals surface area (Å²) in [6.07, 6.45) is -0.631. The lowest BCUT2D eigenvalue weighted by Gasteiger charge is -2.24. The maximum atomic E-state index is 12.4. The third-order valence-electron chi connectivity index (χ3n) is 3.36. The van der Waals surface area contributed by atoms with Crippen LogP contribution in [0.4, 0.5) is 4.79 Å². The van der Waals surface area contributed by atoms with Crippen LogP contribution in [0.3, 0.4) is 0 Å². The molecule has 1 atom stereocenters. The lowest BCUT2D eigenvalue weighted by Crippen LogP contribution is -2.48. The van der Waals surface area contributed by atoms with E-state index in [1.807, 2.05) is 26.0 Å². The molecule has 1 N–H and O–H groups in total. The molecule has 0 saturated carbocycles. The van der Waals surface area contributed by atoms with E-state index in [1.54, 1.807) is 32.9 Å². The Hall–Kier alpha value is -2.04. The fourth-order valence-corrected chi connectivity index (χ4v) is 2.03. The molecule has 24 heavy (non-hydrogen) atoms. The number of esters is 1. The van der Waals surface area contributed by atoms with Crippen LogP contribution in [0.15, 0.2) is 24.3 Å². The van der Waals surface area contributed by atoms with Crippen molar-refractivity contribution in [3.63, 3.8) is 0 Å². The minimum atomic E-state index is -0.773. The molecule has 0 saturated heterocycles. The van der Waals surface area contributed by atoms with Gasteiger partial charge < -0.3 is 14.8 Å². The van der Waals surface area contributed by atoms with Gasteiger partial charge in [-0.25, -0.2) is 9.59 Å². The Balaban J connectivity index is 2.74. The predicted octanol–water partition coefficient (Wildman–Crippen LogP) is 4.26. The first-order valence-electron chi connectivity index (χ1n) is 8.30. The SMILES string of the molecule is CC(C)c1ccc(OC(=O)C(NC(=O)OC(C)(C)C)C(C)C)cc1. The van der Waals surface area contributed by atoms with E-state index in [0.717, 1.165) is 0 Å². The molecule has 0 aliphatic carbocycles. The van der Waals surface area contributed by atoms with Crippen molar-refractivity contribution in [1.82, 2.24) is 5.32 Å². The smallest absolute Gasteiger partial charge is 0.408 e. The lowest BCUT2D eigenvalue weighted by atomic mass is 10.0. The first-order valence-corrected chi connectivity index (χ1v) is 8.30. The molecule has 0 spiro atoms. The molecule has 0 aromatic heterocycles. The fraction of sp³-hybridized carbons (Fsp3) is 0.579. The lowest BCUT2D eigenvalue weighted by molar-refractivity contribution is -0.137. The second-order valence-electron chi connectivity index (χ2n) is 7.51. The van der Waals surface area contributed by atoms with Crippen molar-refractivity contribution >= 4 is 12.1 Å². The Morgan fingerprint density at radius 1 is 1.00 bits per heavy atom. The average molecular weight is 335 g/mol. The van der Waals surface area contributed by atoms with E-state index in [1.165, 1.54) is 5.56 Å². The van der Waals surface area contributed by atoms with E-state index >= 15 is 0 Å². The number of alkyl carbamates (subject to hydrolysis) is 1. The number of benzene rings is 1. The second-order valence-corrected chi connectivity index (χ2v) is 7.51. The minimum absolute atomic E-state index is 0.125. The van der Waals surface area contributed by atoms with E-state index in [4.69, 9.17) is 9.47 Å². The summed E-state index contributed by atoms with van der Waals surface area (Å²) in [7, 11) is 0. The zero-order valence-corrected chi connectivity index (χ0v) is 15.7. The molecule has 1 aromatic carbocycles. The quantitative estimate of drug-likeness (QED) is 0.645. The van der Waals surface area contributed by atoms with E-state index < -0.39 is 23.7 Å². The highest BCUT2D eigenvalue weighted by molar-refractivity contribution is 5.83. The Morgan fingerprint density at radius 2 is 1.54 bits per heavy atom. The molecule has 0 heterocycles. The molecule has 5 heteroatoms. The van der Waals surface area contributed by atoms with E-state index in [2.05, 4.69) is 19.2 Å². The number of nitrogens with one attached hydrogen (secondary N) is 1. The molecule has 1 unspecified atom stereocenters. The molecule has 0 fully saturated rings. The minimum Gasteiger partial charge on any atom is -0.444 e.